The van der Waals surface area contributed by atoms with E-state index in [1.807, 2.05) is 54.6 Å². The Labute approximate surface area is 448 Å². The summed E-state index contributed by atoms with van der Waals surface area (Å²) < 4.78 is 23.7. The van der Waals surface area contributed by atoms with Crippen molar-refractivity contribution in [1.82, 2.24) is 10.6 Å². The summed E-state index contributed by atoms with van der Waals surface area (Å²) in [4.78, 5) is 29.7. The molecule has 6 aliphatic rings. The Morgan fingerprint density at radius 2 is 0.958 bits per heavy atom. The minimum Gasteiger partial charge on any atom is -0.348 e. The SMILES string of the molecule is O=C1NCc2c(-c3ccccc3Cl)cc(C3=CCC4(CC3)OCCO4)cc2N1c1c(Cl)cccc1Cl.O=C1NCc2c(-c3ccccc3Cl)cc(C3CCC4(CC3)OCCO4)cc2N1c1c(Cl)cccc1Cl. The molecule has 4 aliphatic heterocycles. The van der Waals surface area contributed by atoms with Crippen molar-refractivity contribution in [2.75, 3.05) is 36.2 Å². The maximum atomic E-state index is 13.3. The normalized spacial score (nSPS) is 19.1. The number of allylic oxidation sites excluding steroid dienone is 1. The van der Waals surface area contributed by atoms with Crippen LogP contribution in [0.4, 0.5) is 32.3 Å². The van der Waals surface area contributed by atoms with Crippen molar-refractivity contribution < 1.29 is 28.5 Å². The summed E-state index contributed by atoms with van der Waals surface area (Å²) in [6.45, 7) is 3.30. The molecule has 0 aromatic heterocycles. The van der Waals surface area contributed by atoms with Gasteiger partial charge in [-0.25, -0.2) is 9.59 Å². The van der Waals surface area contributed by atoms with Crippen molar-refractivity contribution in [1.29, 1.82) is 0 Å². The number of urea groups is 2. The van der Waals surface area contributed by atoms with Gasteiger partial charge in [0, 0.05) is 71.1 Å². The van der Waals surface area contributed by atoms with E-state index >= 15 is 0 Å². The summed E-state index contributed by atoms with van der Waals surface area (Å²) in [6, 6.07) is 34.0. The number of amides is 4. The third-order valence-electron chi connectivity index (χ3n) is 14.5. The molecular weight excluding hydrogens is 1040 g/mol. The fraction of sp³-hybridized carbons (Fsp3) is 0.286. The van der Waals surface area contributed by atoms with Gasteiger partial charge in [0.15, 0.2) is 11.6 Å². The number of para-hydroxylation sites is 2. The van der Waals surface area contributed by atoms with Crippen LogP contribution in [0.5, 0.6) is 0 Å². The number of nitrogens with one attached hydrogen (secondary N) is 2. The first-order chi connectivity index (χ1) is 34.9. The van der Waals surface area contributed by atoms with Gasteiger partial charge < -0.3 is 29.6 Å². The van der Waals surface area contributed by atoms with Crippen molar-refractivity contribution in [3.8, 4) is 22.3 Å². The zero-order valence-electron chi connectivity index (χ0n) is 38.9. The quantitative estimate of drug-likeness (QED) is 0.172. The van der Waals surface area contributed by atoms with Crippen LogP contribution in [0, 0.1) is 0 Å². The molecular formula is C56H48Cl6N4O6. The lowest BCUT2D eigenvalue weighted by atomic mass is 9.79. The third-order valence-corrected chi connectivity index (χ3v) is 16.4. The van der Waals surface area contributed by atoms with E-state index in [0.29, 0.717) is 93.4 Å². The lowest BCUT2D eigenvalue weighted by molar-refractivity contribution is -0.178. The molecule has 10 nitrogen and oxygen atoms in total. The van der Waals surface area contributed by atoms with Crippen LogP contribution < -0.4 is 20.4 Å². The number of rotatable bonds is 6. The average molecular weight is 1090 g/mol. The number of carbonyl (C=O) groups excluding carboxylic acids is 2. The highest BCUT2D eigenvalue weighted by Crippen LogP contribution is 2.50. The summed E-state index contributed by atoms with van der Waals surface area (Å²) in [5.41, 5.74) is 11.4. The number of ether oxygens (including phenoxy) is 4. The number of fused-ring (bicyclic) bond motifs is 2. The Morgan fingerprint density at radius 3 is 1.44 bits per heavy atom. The number of hydrogen-bond acceptors (Lipinski definition) is 6. The van der Waals surface area contributed by atoms with Crippen LogP contribution in [0.25, 0.3) is 27.8 Å². The monoisotopic (exact) mass is 1080 g/mol. The summed E-state index contributed by atoms with van der Waals surface area (Å²) in [7, 11) is 0. The number of carbonyl (C=O) groups is 2. The molecule has 72 heavy (non-hydrogen) atoms. The molecule has 2 spiro atoms. The number of benzene rings is 6. The van der Waals surface area contributed by atoms with Crippen LogP contribution in [0.15, 0.2) is 115 Å². The van der Waals surface area contributed by atoms with Gasteiger partial charge in [-0.3, -0.25) is 9.80 Å². The Hall–Kier alpha value is -4.82. The Kier molecular flexibility index (Phi) is 14.0. The van der Waals surface area contributed by atoms with Crippen LogP contribution in [-0.2, 0) is 32.0 Å². The van der Waals surface area contributed by atoms with Gasteiger partial charge in [0.2, 0.25) is 0 Å². The summed E-state index contributed by atoms with van der Waals surface area (Å²) in [5.74, 6) is -0.656. The molecule has 2 aliphatic carbocycles. The second kappa shape index (κ2) is 20.5. The van der Waals surface area contributed by atoms with E-state index in [-0.39, 0.29) is 12.1 Å². The topological polar surface area (TPSA) is 102 Å². The lowest BCUT2D eigenvalue weighted by Gasteiger charge is -2.37. The lowest BCUT2D eigenvalue weighted by Crippen LogP contribution is -2.42. The number of halogens is 6. The number of nitrogens with zero attached hydrogens (tertiary/aromatic N) is 2. The van der Waals surface area contributed by atoms with Gasteiger partial charge in [-0.2, -0.15) is 0 Å². The van der Waals surface area contributed by atoms with E-state index in [1.54, 1.807) is 46.2 Å². The molecule has 4 amide bonds. The van der Waals surface area contributed by atoms with Gasteiger partial charge in [0.05, 0.1) is 69.3 Å². The molecule has 12 rings (SSSR count). The third kappa shape index (κ3) is 9.38. The maximum Gasteiger partial charge on any atom is 0.326 e. The highest BCUT2D eigenvalue weighted by molar-refractivity contribution is 6.41. The van der Waals surface area contributed by atoms with Crippen LogP contribution in [0.2, 0.25) is 30.1 Å². The molecule has 0 atom stereocenters. The van der Waals surface area contributed by atoms with Gasteiger partial charge in [0.25, 0.3) is 0 Å². The van der Waals surface area contributed by atoms with Crippen LogP contribution in [-0.4, -0.2) is 50.1 Å². The number of anilines is 4. The van der Waals surface area contributed by atoms with E-state index in [2.05, 4.69) is 34.9 Å². The highest BCUT2D eigenvalue weighted by Gasteiger charge is 2.42. The van der Waals surface area contributed by atoms with Crippen LogP contribution in [0.1, 0.15) is 73.1 Å². The first-order valence-corrected chi connectivity index (χ1v) is 26.3. The molecule has 2 N–H and O–H groups in total. The second-order valence-electron chi connectivity index (χ2n) is 18.6. The zero-order chi connectivity index (χ0) is 49.7. The summed E-state index contributed by atoms with van der Waals surface area (Å²) in [6.07, 6.45) is 7.98. The Bertz CT molecular complexity index is 3100. The largest absolute Gasteiger partial charge is 0.348 e. The predicted molar refractivity (Wildman–Crippen MR) is 288 cm³/mol. The number of hydrogen-bond donors (Lipinski definition) is 2. The smallest absolute Gasteiger partial charge is 0.326 e. The van der Waals surface area contributed by atoms with Gasteiger partial charge in [-0.15, -0.1) is 0 Å². The second-order valence-corrected chi connectivity index (χ2v) is 21.0. The summed E-state index contributed by atoms with van der Waals surface area (Å²) >= 11 is 39.6. The van der Waals surface area contributed by atoms with Crippen molar-refractivity contribution in [2.24, 2.45) is 0 Å². The molecule has 370 valence electrons. The van der Waals surface area contributed by atoms with E-state index in [4.69, 9.17) is 88.6 Å². The van der Waals surface area contributed by atoms with Gasteiger partial charge in [-0.05, 0) is 108 Å². The fourth-order valence-corrected chi connectivity index (χ4v) is 12.5. The predicted octanol–water partition coefficient (Wildman–Crippen LogP) is 16.1. The van der Waals surface area contributed by atoms with Crippen LogP contribution >= 0.6 is 69.6 Å². The molecule has 6 aromatic carbocycles. The maximum absolute atomic E-state index is 13.3. The van der Waals surface area contributed by atoms with E-state index in [1.165, 1.54) is 5.57 Å². The summed E-state index contributed by atoms with van der Waals surface area (Å²) in [5, 5.41) is 8.88. The van der Waals surface area contributed by atoms with Gasteiger partial charge >= 0.3 is 12.1 Å². The molecule has 0 bridgehead atoms. The van der Waals surface area contributed by atoms with Crippen molar-refractivity contribution in [3.63, 3.8) is 0 Å². The molecule has 0 radical (unpaired) electrons. The molecule has 6 aromatic rings. The molecule has 2 saturated heterocycles. The average Bonchev–Trinajstić information content (AvgIpc) is 4.05. The van der Waals surface area contributed by atoms with E-state index in [9.17, 15) is 9.59 Å². The molecule has 4 heterocycles. The first-order valence-electron chi connectivity index (χ1n) is 24.0. The van der Waals surface area contributed by atoms with Crippen LogP contribution in [0.3, 0.4) is 0 Å². The van der Waals surface area contributed by atoms with Gasteiger partial charge in [-0.1, -0.05) is 130 Å². The minimum atomic E-state index is -0.514. The Balaban J connectivity index is 0.000000156. The molecule has 0 unspecified atom stereocenters. The van der Waals surface area contributed by atoms with Crippen molar-refractivity contribution >= 4 is 110 Å². The molecule has 1 saturated carbocycles. The standard InChI is InChI=1S/C28H25Cl3N2O3.C28H23Cl3N2O3/c2*29-22-5-2-1-4-19(22)20-14-18(17-8-10-28(11-9-17)35-12-13-36-28)15-25-21(20)16-32-27(34)33(25)26-23(30)6-3-7-24(26)31/h1-7,14-15,17H,8-13,16H2,(H,32,34);1-8,14-15H,9-13,16H2,(H,32,34). The van der Waals surface area contributed by atoms with Crippen molar-refractivity contribution in [2.45, 2.75) is 75.5 Å². The van der Waals surface area contributed by atoms with E-state index < -0.39 is 11.6 Å². The zero-order valence-corrected chi connectivity index (χ0v) is 43.4. The van der Waals surface area contributed by atoms with Gasteiger partial charge in [0.1, 0.15) is 0 Å². The Morgan fingerprint density at radius 1 is 0.500 bits per heavy atom. The van der Waals surface area contributed by atoms with Crippen molar-refractivity contribution in [3.05, 3.63) is 168 Å². The molecule has 16 heteroatoms. The highest BCUT2D eigenvalue weighted by atomic mass is 35.5. The fourth-order valence-electron chi connectivity index (χ4n) is 10.9. The first kappa shape index (κ1) is 49.4. The van der Waals surface area contributed by atoms with E-state index in [0.717, 1.165) is 94.4 Å². The minimum absolute atomic E-state index is 0.268. The molecule has 3 fully saturated rings.